The second kappa shape index (κ2) is 5.19. The molecule has 0 atom stereocenters. The molecule has 86 valence electrons. The van der Waals surface area contributed by atoms with Crippen molar-refractivity contribution in [1.29, 1.82) is 0 Å². The molecule has 0 aliphatic carbocycles. The number of hydrogen-bond acceptors (Lipinski definition) is 2. The lowest BCUT2D eigenvalue weighted by molar-refractivity contribution is 0.0439. The quantitative estimate of drug-likeness (QED) is 0.610. The second-order valence-electron chi connectivity index (χ2n) is 3.72. The molecule has 0 saturated carbocycles. The van der Waals surface area contributed by atoms with Crippen molar-refractivity contribution < 1.29 is 5.11 Å². The third kappa shape index (κ3) is 2.46. The molecule has 3 heteroatoms. The number of anilines is 1. The molecule has 1 rings (SSSR count). The minimum Gasteiger partial charge on any atom is -0.398 e. The van der Waals surface area contributed by atoms with Gasteiger partial charge in [0, 0.05) is 16.3 Å². The van der Waals surface area contributed by atoms with Crippen molar-refractivity contribution in [2.45, 2.75) is 18.4 Å². The highest BCUT2D eigenvalue weighted by Crippen LogP contribution is 2.38. The summed E-state index contributed by atoms with van der Waals surface area (Å²) >= 11 is 6.08. The van der Waals surface area contributed by atoms with E-state index in [-0.39, 0.29) is 0 Å². The van der Waals surface area contributed by atoms with E-state index >= 15 is 0 Å². The van der Waals surface area contributed by atoms with E-state index in [1.54, 1.807) is 30.4 Å². The van der Waals surface area contributed by atoms with Crippen LogP contribution < -0.4 is 5.73 Å². The lowest BCUT2D eigenvalue weighted by Crippen LogP contribution is -2.26. The van der Waals surface area contributed by atoms with Crippen molar-refractivity contribution in [2.24, 2.45) is 0 Å². The fraction of sp³-hybridized carbons (Fsp3) is 0.231. The Balaban J connectivity index is 3.29. The Labute approximate surface area is 101 Å². The monoisotopic (exact) mass is 237 g/mol. The first-order valence-electron chi connectivity index (χ1n) is 5.04. The molecule has 0 saturated heterocycles. The third-order valence-corrected chi connectivity index (χ3v) is 2.79. The van der Waals surface area contributed by atoms with E-state index in [9.17, 15) is 5.11 Å². The van der Waals surface area contributed by atoms with Crippen LogP contribution in [0.15, 0.2) is 43.5 Å². The van der Waals surface area contributed by atoms with Gasteiger partial charge in [-0.3, -0.25) is 0 Å². The molecule has 2 nitrogen and oxygen atoms in total. The van der Waals surface area contributed by atoms with Crippen LogP contribution in [-0.4, -0.2) is 5.11 Å². The van der Waals surface area contributed by atoms with Crippen LogP contribution in [0.4, 0.5) is 5.69 Å². The summed E-state index contributed by atoms with van der Waals surface area (Å²) in [6.45, 7) is 7.27. The molecular weight excluding hydrogens is 222 g/mol. The van der Waals surface area contributed by atoms with E-state index in [0.29, 0.717) is 29.1 Å². The predicted octanol–water partition coefficient (Wildman–Crippen LogP) is 3.26. The molecule has 0 aromatic heterocycles. The lowest BCUT2D eigenvalue weighted by atomic mass is 9.86. The first-order valence-corrected chi connectivity index (χ1v) is 5.41. The fourth-order valence-corrected chi connectivity index (χ4v) is 2.15. The third-order valence-electron chi connectivity index (χ3n) is 2.48. The number of aliphatic hydroxyl groups is 1. The molecule has 1 aromatic carbocycles. The van der Waals surface area contributed by atoms with Crippen LogP contribution in [-0.2, 0) is 5.60 Å². The number of nitrogen functional groups attached to an aromatic ring is 1. The van der Waals surface area contributed by atoms with Crippen LogP contribution in [0.2, 0.25) is 5.02 Å². The van der Waals surface area contributed by atoms with Gasteiger partial charge in [0.15, 0.2) is 0 Å². The van der Waals surface area contributed by atoms with Crippen molar-refractivity contribution in [1.82, 2.24) is 0 Å². The topological polar surface area (TPSA) is 46.2 Å². The summed E-state index contributed by atoms with van der Waals surface area (Å²) < 4.78 is 0. The van der Waals surface area contributed by atoms with Gasteiger partial charge in [0.2, 0.25) is 0 Å². The molecular formula is C13H16ClNO. The molecule has 0 fully saturated rings. The second-order valence-corrected chi connectivity index (χ2v) is 4.13. The molecule has 16 heavy (non-hydrogen) atoms. The average Bonchev–Trinajstić information content (AvgIpc) is 2.17. The summed E-state index contributed by atoms with van der Waals surface area (Å²) in [6.07, 6.45) is 4.05. The zero-order valence-corrected chi connectivity index (χ0v) is 9.87. The van der Waals surface area contributed by atoms with Gasteiger partial charge in [0.05, 0.1) is 5.60 Å². The van der Waals surface area contributed by atoms with E-state index in [1.807, 2.05) is 0 Å². The molecule has 0 spiro atoms. The molecule has 0 heterocycles. The van der Waals surface area contributed by atoms with Crippen molar-refractivity contribution in [3.05, 3.63) is 54.1 Å². The molecule has 3 N–H and O–H groups in total. The van der Waals surface area contributed by atoms with Gasteiger partial charge in [0.25, 0.3) is 0 Å². The standard InChI is InChI=1S/C13H16ClNO/c1-3-8-13(16,9-4-2)12-10(14)6-5-7-11(12)15/h3-7,16H,1-2,8-9,15H2. The molecule has 0 radical (unpaired) electrons. The summed E-state index contributed by atoms with van der Waals surface area (Å²) in [5.41, 5.74) is 5.77. The minimum atomic E-state index is -1.12. The summed E-state index contributed by atoms with van der Waals surface area (Å²) in [5.74, 6) is 0. The highest BCUT2D eigenvalue weighted by molar-refractivity contribution is 6.31. The van der Waals surface area contributed by atoms with Crippen LogP contribution in [0.3, 0.4) is 0 Å². The molecule has 0 bridgehead atoms. The van der Waals surface area contributed by atoms with Crippen molar-refractivity contribution in [3.63, 3.8) is 0 Å². The van der Waals surface area contributed by atoms with Crippen molar-refractivity contribution >= 4 is 17.3 Å². The first kappa shape index (κ1) is 12.8. The smallest absolute Gasteiger partial charge is 0.0999 e. The van der Waals surface area contributed by atoms with E-state index in [0.717, 1.165) is 0 Å². The van der Waals surface area contributed by atoms with Crippen molar-refractivity contribution in [2.75, 3.05) is 5.73 Å². The summed E-state index contributed by atoms with van der Waals surface area (Å²) in [7, 11) is 0. The molecule has 0 aliphatic rings. The number of hydrogen-bond donors (Lipinski definition) is 2. The van der Waals surface area contributed by atoms with E-state index in [2.05, 4.69) is 13.2 Å². The highest BCUT2D eigenvalue weighted by Gasteiger charge is 2.30. The van der Waals surface area contributed by atoms with Gasteiger partial charge < -0.3 is 10.8 Å². The van der Waals surface area contributed by atoms with E-state index in [4.69, 9.17) is 17.3 Å². The van der Waals surface area contributed by atoms with Gasteiger partial charge >= 0.3 is 0 Å². The Kier molecular flexibility index (Phi) is 4.16. The normalized spacial score (nSPS) is 11.1. The molecule has 0 amide bonds. The van der Waals surface area contributed by atoms with Crippen LogP contribution in [0, 0.1) is 0 Å². The van der Waals surface area contributed by atoms with E-state index in [1.165, 1.54) is 0 Å². The van der Waals surface area contributed by atoms with Gasteiger partial charge in [-0.1, -0.05) is 29.8 Å². The Morgan fingerprint density at radius 3 is 2.31 bits per heavy atom. The van der Waals surface area contributed by atoms with E-state index < -0.39 is 5.60 Å². The maximum absolute atomic E-state index is 10.5. The van der Waals surface area contributed by atoms with Crippen LogP contribution in [0.1, 0.15) is 18.4 Å². The number of halogens is 1. The predicted molar refractivity (Wildman–Crippen MR) is 69.4 cm³/mol. The summed E-state index contributed by atoms with van der Waals surface area (Å²) in [5, 5.41) is 11.0. The van der Waals surface area contributed by atoms with Crippen molar-refractivity contribution in [3.8, 4) is 0 Å². The first-order chi connectivity index (χ1) is 7.55. The Morgan fingerprint density at radius 1 is 1.31 bits per heavy atom. The van der Waals surface area contributed by atoms with Crippen LogP contribution in [0.25, 0.3) is 0 Å². The minimum absolute atomic E-state index is 0.382. The Bertz CT molecular complexity index is 371. The number of benzene rings is 1. The maximum Gasteiger partial charge on any atom is 0.0999 e. The van der Waals surface area contributed by atoms with Gasteiger partial charge in [-0.25, -0.2) is 0 Å². The van der Waals surface area contributed by atoms with Gasteiger partial charge in [-0.05, 0) is 25.0 Å². The Morgan fingerprint density at radius 2 is 1.88 bits per heavy atom. The Hall–Kier alpha value is -1.25. The molecule has 0 unspecified atom stereocenters. The van der Waals surface area contributed by atoms with Crippen LogP contribution in [0.5, 0.6) is 0 Å². The van der Waals surface area contributed by atoms with Gasteiger partial charge in [-0.2, -0.15) is 0 Å². The molecule has 1 aromatic rings. The highest BCUT2D eigenvalue weighted by atomic mass is 35.5. The largest absolute Gasteiger partial charge is 0.398 e. The number of nitrogens with two attached hydrogens (primary N) is 1. The lowest BCUT2D eigenvalue weighted by Gasteiger charge is -2.28. The van der Waals surface area contributed by atoms with Crippen LogP contribution >= 0.6 is 11.6 Å². The number of rotatable bonds is 5. The maximum atomic E-state index is 10.5. The zero-order valence-electron chi connectivity index (χ0n) is 9.12. The summed E-state index contributed by atoms with van der Waals surface area (Å²) in [6, 6.07) is 5.19. The van der Waals surface area contributed by atoms with Gasteiger partial charge in [-0.15, -0.1) is 13.2 Å². The summed E-state index contributed by atoms with van der Waals surface area (Å²) in [4.78, 5) is 0. The SMILES string of the molecule is C=CCC(O)(CC=C)c1c(N)cccc1Cl. The fourth-order valence-electron chi connectivity index (χ4n) is 1.80. The zero-order chi connectivity index (χ0) is 12.2. The van der Waals surface area contributed by atoms with Gasteiger partial charge in [0.1, 0.15) is 0 Å². The molecule has 0 aliphatic heterocycles. The average molecular weight is 238 g/mol.